The Kier molecular flexibility index (Phi) is 2.17. The first-order valence-electron chi connectivity index (χ1n) is 5.60. The number of aromatic nitrogens is 3. The number of nitrogens with zero attached hydrogens (tertiary/aromatic N) is 3. The minimum Gasteiger partial charge on any atom is -0.273 e. The third kappa shape index (κ3) is 1.69. The van der Waals surface area contributed by atoms with Crippen molar-refractivity contribution in [2.45, 2.75) is 31.2 Å². The lowest BCUT2D eigenvalue weighted by Gasteiger charge is -2.13. The average Bonchev–Trinajstić information content (AvgIpc) is 3.20. The Morgan fingerprint density at radius 3 is 2.69 bits per heavy atom. The molecule has 1 aromatic heterocycles. The predicted octanol–water partition coefficient (Wildman–Crippen LogP) is 0.225. The van der Waals surface area contributed by atoms with Crippen molar-refractivity contribution in [3.8, 4) is 0 Å². The van der Waals surface area contributed by atoms with Gasteiger partial charge in [-0.1, -0.05) is 0 Å². The summed E-state index contributed by atoms with van der Waals surface area (Å²) in [5, 5.41) is 8.03. The second kappa shape index (κ2) is 3.55. The lowest BCUT2D eigenvalue weighted by atomic mass is 10.3. The van der Waals surface area contributed by atoms with Crippen molar-refractivity contribution in [1.29, 1.82) is 0 Å². The number of amides is 1. The first-order chi connectivity index (χ1) is 7.81. The van der Waals surface area contributed by atoms with Crippen molar-refractivity contribution in [3.63, 3.8) is 0 Å². The fourth-order valence-electron chi connectivity index (χ4n) is 1.68. The highest BCUT2D eigenvalue weighted by Crippen LogP contribution is 2.42. The van der Waals surface area contributed by atoms with Gasteiger partial charge in [0.2, 0.25) is 0 Å². The van der Waals surface area contributed by atoms with Crippen molar-refractivity contribution < 1.29 is 9.63 Å². The Morgan fingerprint density at radius 2 is 2.12 bits per heavy atom. The van der Waals surface area contributed by atoms with E-state index in [2.05, 4.69) is 15.7 Å². The summed E-state index contributed by atoms with van der Waals surface area (Å²) < 4.78 is 0. The van der Waals surface area contributed by atoms with Gasteiger partial charge < -0.3 is 0 Å². The average molecular weight is 222 g/mol. The van der Waals surface area contributed by atoms with Gasteiger partial charge in [0.05, 0.1) is 19.0 Å². The fourth-order valence-corrected chi connectivity index (χ4v) is 1.68. The van der Waals surface area contributed by atoms with Gasteiger partial charge in [-0.15, -0.1) is 0 Å². The minimum atomic E-state index is -0.590. The summed E-state index contributed by atoms with van der Waals surface area (Å²) in [6, 6.07) is 0. The highest BCUT2D eigenvalue weighted by molar-refractivity contribution is 5.86. The summed E-state index contributed by atoms with van der Waals surface area (Å²) in [5.74, 6) is 0.502. The molecular formula is C10H14N4O2. The Bertz CT molecular complexity index is 382. The van der Waals surface area contributed by atoms with Crippen LogP contribution >= 0.6 is 0 Å². The van der Waals surface area contributed by atoms with Crippen LogP contribution in [-0.4, -0.2) is 27.5 Å². The quantitative estimate of drug-likeness (QED) is 0.724. The maximum Gasteiger partial charge on any atom is 0.273 e. The van der Waals surface area contributed by atoms with Gasteiger partial charge in [0, 0.05) is 0 Å². The third-order valence-corrected chi connectivity index (χ3v) is 3.13. The Labute approximate surface area is 92.9 Å². The Balaban J connectivity index is 1.57. The van der Waals surface area contributed by atoms with E-state index >= 15 is 0 Å². The van der Waals surface area contributed by atoms with Crippen LogP contribution in [0, 0.1) is 5.92 Å². The van der Waals surface area contributed by atoms with E-state index in [4.69, 9.17) is 4.84 Å². The second-order valence-electron chi connectivity index (χ2n) is 4.54. The number of hydrogen-bond acceptors (Lipinski definition) is 4. The molecule has 86 valence electrons. The molecule has 1 heterocycles. The van der Waals surface area contributed by atoms with Crippen LogP contribution in [0.25, 0.3) is 0 Å². The first-order valence-corrected chi connectivity index (χ1v) is 5.60. The number of hydrogen-bond donors (Lipinski definition) is 1. The second-order valence-corrected chi connectivity index (χ2v) is 4.54. The van der Waals surface area contributed by atoms with Crippen LogP contribution in [0.4, 0.5) is 0 Å². The molecular weight excluding hydrogens is 208 g/mol. The first kappa shape index (κ1) is 9.77. The van der Waals surface area contributed by atoms with Crippen LogP contribution in [0.3, 0.4) is 0 Å². The number of carbonyl (C=O) groups excluding carboxylic acids is 1. The zero-order valence-electron chi connectivity index (χ0n) is 8.93. The molecule has 0 saturated heterocycles. The number of rotatable bonds is 5. The minimum absolute atomic E-state index is 0.135. The van der Waals surface area contributed by atoms with Gasteiger partial charge in [-0.3, -0.25) is 9.63 Å². The van der Waals surface area contributed by atoms with Crippen molar-refractivity contribution in [3.05, 3.63) is 12.4 Å². The molecule has 1 aromatic rings. The number of hydroxylamine groups is 1. The van der Waals surface area contributed by atoms with Crippen molar-refractivity contribution in [2.75, 3.05) is 6.61 Å². The van der Waals surface area contributed by atoms with Crippen LogP contribution in [0.5, 0.6) is 0 Å². The molecule has 0 bridgehead atoms. The molecule has 2 fully saturated rings. The summed E-state index contributed by atoms with van der Waals surface area (Å²) in [5.41, 5.74) is 1.92. The lowest BCUT2D eigenvalue weighted by molar-refractivity contribution is -0.139. The van der Waals surface area contributed by atoms with Crippen molar-refractivity contribution in [1.82, 2.24) is 20.5 Å². The third-order valence-electron chi connectivity index (χ3n) is 3.13. The van der Waals surface area contributed by atoms with Gasteiger partial charge in [-0.2, -0.15) is 15.0 Å². The van der Waals surface area contributed by atoms with Gasteiger partial charge in [0.25, 0.3) is 5.91 Å². The van der Waals surface area contributed by atoms with E-state index in [0.29, 0.717) is 12.5 Å². The maximum absolute atomic E-state index is 11.9. The van der Waals surface area contributed by atoms with Crippen LogP contribution in [0.1, 0.15) is 25.7 Å². The zero-order chi connectivity index (χ0) is 11.0. The highest BCUT2D eigenvalue weighted by Gasteiger charge is 2.54. The Morgan fingerprint density at radius 1 is 1.44 bits per heavy atom. The molecule has 2 aliphatic carbocycles. The molecule has 3 rings (SSSR count). The van der Waals surface area contributed by atoms with Crippen molar-refractivity contribution in [2.24, 2.45) is 5.92 Å². The summed E-state index contributed by atoms with van der Waals surface area (Å²) >= 11 is 0. The van der Waals surface area contributed by atoms with E-state index < -0.39 is 5.54 Å². The molecule has 0 radical (unpaired) electrons. The summed E-state index contributed by atoms with van der Waals surface area (Å²) in [6.45, 7) is 0.619. The van der Waals surface area contributed by atoms with Gasteiger partial charge in [0.15, 0.2) is 5.54 Å². The molecule has 6 nitrogen and oxygen atoms in total. The van der Waals surface area contributed by atoms with Gasteiger partial charge in [-0.25, -0.2) is 5.48 Å². The largest absolute Gasteiger partial charge is 0.273 e. The fraction of sp³-hybridized carbons (Fsp3) is 0.700. The van der Waals surface area contributed by atoms with Gasteiger partial charge >= 0.3 is 0 Å². The maximum atomic E-state index is 11.9. The van der Waals surface area contributed by atoms with Crippen molar-refractivity contribution >= 4 is 5.91 Å². The monoisotopic (exact) mass is 222 g/mol. The predicted molar refractivity (Wildman–Crippen MR) is 54.0 cm³/mol. The topological polar surface area (TPSA) is 69.0 Å². The smallest absolute Gasteiger partial charge is 0.273 e. The van der Waals surface area contributed by atoms with E-state index in [9.17, 15) is 4.79 Å². The van der Waals surface area contributed by atoms with E-state index in [1.54, 1.807) is 12.4 Å². The highest BCUT2D eigenvalue weighted by atomic mass is 16.7. The molecule has 1 N–H and O–H groups in total. The molecule has 1 amide bonds. The normalized spacial score (nSPS) is 21.8. The SMILES string of the molecule is O=C(NOCC1CC1)C1(n2nccn2)CC1. The van der Waals surface area contributed by atoms with Crippen LogP contribution in [0.15, 0.2) is 12.4 Å². The zero-order valence-corrected chi connectivity index (χ0v) is 8.93. The number of carbonyl (C=O) groups is 1. The van der Waals surface area contributed by atoms with E-state index in [1.165, 1.54) is 17.6 Å². The van der Waals surface area contributed by atoms with Gasteiger partial charge in [0.1, 0.15) is 0 Å². The van der Waals surface area contributed by atoms with Crippen LogP contribution < -0.4 is 5.48 Å². The standard InChI is InChI=1S/C10H14N4O2/c15-9(13-16-7-8-1-2-8)10(3-4-10)14-11-5-6-12-14/h5-6,8H,1-4,7H2,(H,13,15). The van der Waals surface area contributed by atoms with E-state index in [-0.39, 0.29) is 5.91 Å². The molecule has 0 aliphatic heterocycles. The van der Waals surface area contributed by atoms with Gasteiger partial charge in [-0.05, 0) is 31.6 Å². The molecule has 0 unspecified atom stereocenters. The Hall–Kier alpha value is -1.43. The number of nitrogens with one attached hydrogen (secondary N) is 1. The summed E-state index contributed by atoms with van der Waals surface area (Å²) in [4.78, 5) is 18.5. The van der Waals surface area contributed by atoms with Crippen LogP contribution in [0.2, 0.25) is 0 Å². The molecule has 0 spiro atoms. The summed E-state index contributed by atoms with van der Waals surface area (Å²) in [6.07, 6.45) is 7.14. The molecule has 16 heavy (non-hydrogen) atoms. The molecule has 0 atom stereocenters. The van der Waals surface area contributed by atoms with E-state index in [0.717, 1.165) is 12.8 Å². The molecule has 2 aliphatic rings. The lowest BCUT2D eigenvalue weighted by Crippen LogP contribution is -2.40. The molecule has 6 heteroatoms. The van der Waals surface area contributed by atoms with E-state index in [1.807, 2.05) is 0 Å². The van der Waals surface area contributed by atoms with Crippen LogP contribution in [-0.2, 0) is 15.2 Å². The molecule has 0 aromatic carbocycles. The molecule has 2 saturated carbocycles. The summed E-state index contributed by atoms with van der Waals surface area (Å²) in [7, 11) is 0.